The second-order valence-electron chi connectivity index (χ2n) is 4.47. The van der Waals surface area contributed by atoms with Crippen LogP contribution in [0.4, 0.5) is 0 Å². The molecule has 0 aromatic carbocycles. The van der Waals surface area contributed by atoms with Crippen LogP contribution in [-0.4, -0.2) is 21.2 Å². The van der Waals surface area contributed by atoms with E-state index in [1.54, 1.807) is 12.4 Å². The summed E-state index contributed by atoms with van der Waals surface area (Å²) in [6.07, 6.45) is 6.47. The summed E-state index contributed by atoms with van der Waals surface area (Å²) in [5.74, 6) is 1.63. The molecule has 0 radical (unpaired) electrons. The molecule has 1 aliphatic carbocycles. The van der Waals surface area contributed by atoms with E-state index in [0.29, 0.717) is 17.6 Å². The van der Waals surface area contributed by atoms with E-state index < -0.39 is 0 Å². The van der Waals surface area contributed by atoms with Crippen LogP contribution in [0.25, 0.3) is 11.4 Å². The minimum Gasteiger partial charge on any atom is -0.339 e. The first kappa shape index (κ1) is 13.0. The van der Waals surface area contributed by atoms with Gasteiger partial charge >= 0.3 is 0 Å². The maximum atomic E-state index is 5.88. The summed E-state index contributed by atoms with van der Waals surface area (Å²) in [4.78, 5) is 8.46. The summed E-state index contributed by atoms with van der Waals surface area (Å²) >= 11 is 0. The first-order chi connectivity index (χ1) is 8.33. The van der Waals surface area contributed by atoms with Crippen LogP contribution in [0.3, 0.4) is 0 Å². The van der Waals surface area contributed by atoms with E-state index in [-0.39, 0.29) is 18.4 Å². The molecule has 2 N–H and O–H groups in total. The van der Waals surface area contributed by atoms with E-state index >= 15 is 0 Å². The Hall–Kier alpha value is -1.46. The summed E-state index contributed by atoms with van der Waals surface area (Å²) in [6, 6.07) is 4.05. The van der Waals surface area contributed by atoms with Crippen LogP contribution in [0, 0.1) is 0 Å². The fourth-order valence-electron chi connectivity index (χ4n) is 2.25. The van der Waals surface area contributed by atoms with Gasteiger partial charge in [0.25, 0.3) is 0 Å². The Bertz CT molecular complexity index is 502. The molecule has 2 atom stereocenters. The Morgan fingerprint density at radius 3 is 2.89 bits per heavy atom. The van der Waals surface area contributed by atoms with Crippen LogP contribution in [0.1, 0.15) is 31.1 Å². The number of hydrogen-bond acceptors (Lipinski definition) is 5. The Labute approximate surface area is 111 Å². The average molecular weight is 267 g/mol. The lowest BCUT2D eigenvalue weighted by atomic mass is 10.1. The van der Waals surface area contributed by atoms with Crippen molar-refractivity contribution in [2.75, 3.05) is 0 Å². The number of nitrogens with zero attached hydrogens (tertiary/aromatic N) is 3. The lowest BCUT2D eigenvalue weighted by Gasteiger charge is -2.01. The van der Waals surface area contributed by atoms with Gasteiger partial charge in [-0.15, -0.1) is 12.4 Å². The number of nitrogens with two attached hydrogens (primary N) is 1. The minimum atomic E-state index is 0. The van der Waals surface area contributed by atoms with Gasteiger partial charge in [-0.25, -0.2) is 0 Å². The number of halogens is 1. The zero-order valence-corrected chi connectivity index (χ0v) is 10.6. The second kappa shape index (κ2) is 5.46. The summed E-state index contributed by atoms with van der Waals surface area (Å²) in [7, 11) is 0. The van der Waals surface area contributed by atoms with Crippen LogP contribution in [-0.2, 0) is 0 Å². The van der Waals surface area contributed by atoms with Crippen LogP contribution >= 0.6 is 12.4 Å². The maximum absolute atomic E-state index is 5.88. The van der Waals surface area contributed by atoms with E-state index in [2.05, 4.69) is 15.1 Å². The van der Waals surface area contributed by atoms with Crippen molar-refractivity contribution in [3.05, 3.63) is 30.4 Å². The molecule has 0 aliphatic heterocycles. The van der Waals surface area contributed by atoms with Crippen LogP contribution in [0.2, 0.25) is 0 Å². The molecular formula is C12H15ClN4O. The van der Waals surface area contributed by atoms with Gasteiger partial charge in [-0.05, 0) is 31.4 Å². The fraction of sp³-hybridized carbons (Fsp3) is 0.417. The van der Waals surface area contributed by atoms with Gasteiger partial charge in [0.05, 0.1) is 0 Å². The van der Waals surface area contributed by atoms with Gasteiger partial charge in [0.1, 0.15) is 0 Å². The largest absolute Gasteiger partial charge is 0.339 e. The number of rotatable bonds is 2. The maximum Gasteiger partial charge on any atom is 0.230 e. The molecule has 96 valence electrons. The number of pyridine rings is 1. The predicted molar refractivity (Wildman–Crippen MR) is 69.3 cm³/mol. The van der Waals surface area contributed by atoms with Crippen LogP contribution < -0.4 is 5.73 Å². The summed E-state index contributed by atoms with van der Waals surface area (Å²) in [5.41, 5.74) is 6.76. The third kappa shape index (κ3) is 2.52. The predicted octanol–water partition coefficient (Wildman–Crippen LogP) is 2.15. The van der Waals surface area contributed by atoms with Crippen molar-refractivity contribution in [1.82, 2.24) is 15.1 Å². The lowest BCUT2D eigenvalue weighted by molar-refractivity contribution is 0.353. The molecular weight excluding hydrogens is 252 g/mol. The van der Waals surface area contributed by atoms with Crippen molar-refractivity contribution in [2.45, 2.75) is 31.2 Å². The summed E-state index contributed by atoms with van der Waals surface area (Å²) < 4.78 is 5.31. The molecule has 2 unspecified atom stereocenters. The van der Waals surface area contributed by atoms with Crippen LogP contribution in [0.5, 0.6) is 0 Å². The molecule has 0 spiro atoms. The highest BCUT2D eigenvalue weighted by atomic mass is 35.5. The monoisotopic (exact) mass is 266 g/mol. The van der Waals surface area contributed by atoms with Crippen molar-refractivity contribution in [1.29, 1.82) is 0 Å². The van der Waals surface area contributed by atoms with E-state index in [0.717, 1.165) is 24.8 Å². The van der Waals surface area contributed by atoms with E-state index in [9.17, 15) is 0 Å². The minimum absolute atomic E-state index is 0. The van der Waals surface area contributed by atoms with Gasteiger partial charge in [0.15, 0.2) is 0 Å². The Morgan fingerprint density at radius 1 is 1.33 bits per heavy atom. The summed E-state index contributed by atoms with van der Waals surface area (Å²) in [6.45, 7) is 0. The molecule has 0 amide bonds. The molecule has 18 heavy (non-hydrogen) atoms. The van der Waals surface area contributed by atoms with Gasteiger partial charge in [0, 0.05) is 29.9 Å². The van der Waals surface area contributed by atoms with Gasteiger partial charge in [-0.2, -0.15) is 4.98 Å². The zero-order valence-electron chi connectivity index (χ0n) is 9.82. The SMILES string of the molecule is Cl.NC1CCC(c2nc(-c3cccnc3)no2)C1. The van der Waals surface area contributed by atoms with Crippen molar-refractivity contribution in [3.63, 3.8) is 0 Å². The third-order valence-electron chi connectivity index (χ3n) is 3.18. The van der Waals surface area contributed by atoms with Gasteiger partial charge < -0.3 is 10.3 Å². The number of aromatic nitrogens is 3. The van der Waals surface area contributed by atoms with Gasteiger partial charge in [-0.1, -0.05) is 5.16 Å². The van der Waals surface area contributed by atoms with E-state index in [1.807, 2.05) is 12.1 Å². The first-order valence-electron chi connectivity index (χ1n) is 5.82. The van der Waals surface area contributed by atoms with Gasteiger partial charge in [0.2, 0.25) is 11.7 Å². The zero-order chi connectivity index (χ0) is 11.7. The third-order valence-corrected chi connectivity index (χ3v) is 3.18. The van der Waals surface area contributed by atoms with Crippen molar-refractivity contribution in [3.8, 4) is 11.4 Å². The lowest BCUT2D eigenvalue weighted by Crippen LogP contribution is -2.14. The topological polar surface area (TPSA) is 77.8 Å². The molecule has 2 aromatic heterocycles. The second-order valence-corrected chi connectivity index (χ2v) is 4.47. The van der Waals surface area contributed by atoms with Crippen molar-refractivity contribution < 1.29 is 4.52 Å². The molecule has 0 saturated heterocycles. The highest BCUT2D eigenvalue weighted by molar-refractivity contribution is 5.85. The summed E-state index contributed by atoms with van der Waals surface area (Å²) in [5, 5.41) is 3.99. The molecule has 1 saturated carbocycles. The smallest absolute Gasteiger partial charge is 0.230 e. The molecule has 3 rings (SSSR count). The Morgan fingerprint density at radius 2 is 2.22 bits per heavy atom. The van der Waals surface area contributed by atoms with E-state index in [4.69, 9.17) is 10.3 Å². The highest BCUT2D eigenvalue weighted by Crippen LogP contribution is 2.33. The van der Waals surface area contributed by atoms with E-state index in [1.165, 1.54) is 0 Å². The quantitative estimate of drug-likeness (QED) is 0.901. The molecule has 6 heteroatoms. The Balaban J connectivity index is 0.00000120. The number of hydrogen-bond donors (Lipinski definition) is 1. The standard InChI is InChI=1S/C12H14N4O.ClH/c13-10-4-3-8(6-10)12-15-11(16-17-12)9-2-1-5-14-7-9;/h1-2,5,7-8,10H,3-4,6,13H2;1H. The van der Waals surface area contributed by atoms with Gasteiger partial charge in [-0.3, -0.25) is 4.98 Å². The highest BCUT2D eigenvalue weighted by Gasteiger charge is 2.27. The van der Waals surface area contributed by atoms with Crippen LogP contribution in [0.15, 0.2) is 29.0 Å². The molecule has 5 nitrogen and oxygen atoms in total. The normalized spacial score (nSPS) is 22.7. The molecule has 1 fully saturated rings. The molecule has 2 aromatic rings. The average Bonchev–Trinajstić information content (AvgIpc) is 2.98. The first-order valence-corrected chi connectivity index (χ1v) is 5.82. The molecule has 2 heterocycles. The Kier molecular flexibility index (Phi) is 3.93. The van der Waals surface area contributed by atoms with Crippen molar-refractivity contribution >= 4 is 12.4 Å². The molecule has 1 aliphatic rings. The fourth-order valence-corrected chi connectivity index (χ4v) is 2.25. The molecule has 0 bridgehead atoms. The van der Waals surface area contributed by atoms with Crippen molar-refractivity contribution in [2.24, 2.45) is 5.73 Å².